The van der Waals surface area contributed by atoms with Crippen molar-refractivity contribution in [3.8, 4) is 0 Å². The highest BCUT2D eigenvalue weighted by molar-refractivity contribution is 5.72. The molecule has 1 aliphatic rings. The summed E-state index contributed by atoms with van der Waals surface area (Å²) in [5.74, 6) is -0.0277. The molecule has 1 aliphatic heterocycles. The van der Waals surface area contributed by atoms with Crippen LogP contribution in [-0.2, 0) is 16.1 Å². The van der Waals surface area contributed by atoms with Gasteiger partial charge in [0.2, 0.25) is 0 Å². The monoisotopic (exact) mass is 291 g/mol. The summed E-state index contributed by atoms with van der Waals surface area (Å²) < 4.78 is 5.36. The van der Waals surface area contributed by atoms with E-state index >= 15 is 0 Å². The topological polar surface area (TPSA) is 49.8 Å². The molecular formula is C17H25NO3. The van der Waals surface area contributed by atoms with Gasteiger partial charge in [-0.05, 0) is 17.9 Å². The second-order valence-electron chi connectivity index (χ2n) is 6.09. The van der Waals surface area contributed by atoms with Crippen LogP contribution in [0.2, 0.25) is 0 Å². The number of likely N-dealkylation sites (tertiary alicyclic amines) is 1. The summed E-state index contributed by atoms with van der Waals surface area (Å²) in [5, 5.41) is 9.73. The largest absolute Gasteiger partial charge is 0.461 e. The van der Waals surface area contributed by atoms with E-state index in [2.05, 4.69) is 11.8 Å². The molecule has 1 aromatic carbocycles. The van der Waals surface area contributed by atoms with Gasteiger partial charge in [0.25, 0.3) is 0 Å². The highest BCUT2D eigenvalue weighted by Crippen LogP contribution is 2.18. The third kappa shape index (κ3) is 4.83. The third-order valence-electron chi connectivity index (χ3n) is 4.10. The third-order valence-corrected chi connectivity index (χ3v) is 4.10. The molecule has 4 nitrogen and oxygen atoms in total. The van der Waals surface area contributed by atoms with Gasteiger partial charge in [-0.25, -0.2) is 0 Å². The summed E-state index contributed by atoms with van der Waals surface area (Å²) in [6.07, 6.45) is 0.578. The predicted octanol–water partition coefficient (Wildman–Crippen LogP) is 2.07. The van der Waals surface area contributed by atoms with Crippen LogP contribution in [0.5, 0.6) is 0 Å². The zero-order valence-corrected chi connectivity index (χ0v) is 12.9. The molecule has 1 aromatic rings. The molecule has 0 bridgehead atoms. The highest BCUT2D eigenvalue weighted by atomic mass is 16.5. The van der Waals surface area contributed by atoms with Crippen molar-refractivity contribution in [3.05, 3.63) is 35.9 Å². The smallest absolute Gasteiger partial charge is 0.310 e. The minimum Gasteiger partial charge on any atom is -0.461 e. The molecule has 1 heterocycles. The van der Waals surface area contributed by atoms with E-state index in [9.17, 15) is 9.90 Å². The first-order valence-corrected chi connectivity index (χ1v) is 7.67. The van der Waals surface area contributed by atoms with Crippen LogP contribution in [-0.4, -0.2) is 41.7 Å². The summed E-state index contributed by atoms with van der Waals surface area (Å²) in [6, 6.07) is 9.72. The van der Waals surface area contributed by atoms with E-state index in [1.165, 1.54) is 0 Å². The van der Waals surface area contributed by atoms with Gasteiger partial charge in [-0.15, -0.1) is 0 Å². The molecule has 3 unspecified atom stereocenters. The number of esters is 1. The van der Waals surface area contributed by atoms with E-state index in [0.717, 1.165) is 25.1 Å². The summed E-state index contributed by atoms with van der Waals surface area (Å²) in [4.78, 5) is 14.3. The van der Waals surface area contributed by atoms with Crippen LogP contribution < -0.4 is 0 Å². The molecule has 0 spiro atoms. The standard InChI is InChI=1S/C17H25NO3/c1-13-10-18(9-8-16(13)19)11-14(2)17(20)21-12-15-6-4-3-5-7-15/h3-7,13-14,16,19H,8-12H2,1-2H3. The Balaban J connectivity index is 1.75. The van der Waals surface area contributed by atoms with Crippen LogP contribution in [0.15, 0.2) is 30.3 Å². The molecule has 0 aliphatic carbocycles. The molecule has 2 rings (SSSR count). The molecule has 0 radical (unpaired) electrons. The van der Waals surface area contributed by atoms with E-state index < -0.39 is 0 Å². The number of carbonyl (C=O) groups excluding carboxylic acids is 1. The Kier molecular flexibility index (Phi) is 5.76. The highest BCUT2D eigenvalue weighted by Gasteiger charge is 2.26. The first-order valence-electron chi connectivity index (χ1n) is 7.67. The second kappa shape index (κ2) is 7.57. The zero-order chi connectivity index (χ0) is 15.2. The molecule has 0 amide bonds. The van der Waals surface area contributed by atoms with Crippen molar-refractivity contribution in [1.82, 2.24) is 4.90 Å². The normalized spacial score (nSPS) is 24.5. The van der Waals surface area contributed by atoms with Gasteiger partial charge < -0.3 is 14.7 Å². The zero-order valence-electron chi connectivity index (χ0n) is 12.9. The Morgan fingerprint density at radius 2 is 2.14 bits per heavy atom. The van der Waals surface area contributed by atoms with Crippen LogP contribution >= 0.6 is 0 Å². The molecule has 0 saturated carbocycles. The maximum Gasteiger partial charge on any atom is 0.310 e. The van der Waals surface area contributed by atoms with E-state index in [1.54, 1.807) is 0 Å². The van der Waals surface area contributed by atoms with E-state index in [0.29, 0.717) is 13.2 Å². The van der Waals surface area contributed by atoms with Crippen molar-refractivity contribution >= 4 is 5.97 Å². The minimum atomic E-state index is -0.207. The number of ether oxygens (including phenoxy) is 1. The number of aliphatic hydroxyl groups is 1. The Morgan fingerprint density at radius 3 is 2.81 bits per heavy atom. The van der Waals surface area contributed by atoms with Gasteiger partial charge in [-0.3, -0.25) is 4.79 Å². The van der Waals surface area contributed by atoms with Gasteiger partial charge in [0.1, 0.15) is 6.61 Å². The van der Waals surface area contributed by atoms with Crippen molar-refractivity contribution in [2.45, 2.75) is 33.0 Å². The van der Waals surface area contributed by atoms with Crippen LogP contribution in [0.4, 0.5) is 0 Å². The minimum absolute atomic E-state index is 0.142. The molecule has 1 saturated heterocycles. The maximum atomic E-state index is 12.0. The van der Waals surface area contributed by atoms with Gasteiger partial charge in [0, 0.05) is 19.6 Å². The molecule has 1 fully saturated rings. The molecule has 0 aromatic heterocycles. The van der Waals surface area contributed by atoms with Gasteiger partial charge >= 0.3 is 5.97 Å². The first-order chi connectivity index (χ1) is 10.1. The number of aliphatic hydroxyl groups excluding tert-OH is 1. The fourth-order valence-corrected chi connectivity index (χ4v) is 2.72. The number of hydrogen-bond acceptors (Lipinski definition) is 4. The van der Waals surface area contributed by atoms with Gasteiger partial charge in [0.05, 0.1) is 12.0 Å². The predicted molar refractivity (Wildman–Crippen MR) is 81.6 cm³/mol. The fraction of sp³-hybridized carbons (Fsp3) is 0.588. The fourth-order valence-electron chi connectivity index (χ4n) is 2.72. The number of carbonyl (C=O) groups is 1. The average molecular weight is 291 g/mol. The van der Waals surface area contributed by atoms with Gasteiger partial charge in [-0.1, -0.05) is 44.2 Å². The van der Waals surface area contributed by atoms with Crippen LogP contribution in [0.3, 0.4) is 0 Å². The number of nitrogens with zero attached hydrogens (tertiary/aromatic N) is 1. The lowest BCUT2D eigenvalue weighted by Gasteiger charge is -2.35. The van der Waals surface area contributed by atoms with Crippen molar-refractivity contribution < 1.29 is 14.6 Å². The quantitative estimate of drug-likeness (QED) is 0.844. The molecule has 4 heteroatoms. The number of hydrogen-bond donors (Lipinski definition) is 1. The maximum absolute atomic E-state index is 12.0. The lowest BCUT2D eigenvalue weighted by molar-refractivity contribution is -0.150. The summed E-state index contributed by atoms with van der Waals surface area (Å²) >= 11 is 0. The molecular weight excluding hydrogens is 266 g/mol. The Labute approximate surface area is 126 Å². The summed E-state index contributed by atoms with van der Waals surface area (Å²) in [6.45, 7) is 6.68. The van der Waals surface area contributed by atoms with Crippen molar-refractivity contribution in [2.75, 3.05) is 19.6 Å². The summed E-state index contributed by atoms with van der Waals surface area (Å²) in [7, 11) is 0. The number of rotatable bonds is 5. The first kappa shape index (κ1) is 16.0. The van der Waals surface area contributed by atoms with Crippen LogP contribution in [0.25, 0.3) is 0 Å². The Bertz CT molecular complexity index is 449. The van der Waals surface area contributed by atoms with Crippen molar-refractivity contribution in [2.24, 2.45) is 11.8 Å². The number of benzene rings is 1. The SMILES string of the molecule is CC(CN1CCC(O)C(C)C1)C(=O)OCc1ccccc1. The van der Waals surface area contributed by atoms with Crippen molar-refractivity contribution in [1.29, 1.82) is 0 Å². The lowest BCUT2D eigenvalue weighted by atomic mass is 9.96. The number of piperidine rings is 1. The Morgan fingerprint density at radius 1 is 1.43 bits per heavy atom. The van der Waals surface area contributed by atoms with E-state index in [4.69, 9.17) is 4.74 Å². The van der Waals surface area contributed by atoms with Crippen molar-refractivity contribution in [3.63, 3.8) is 0 Å². The van der Waals surface area contributed by atoms with Crippen LogP contribution in [0.1, 0.15) is 25.8 Å². The van der Waals surface area contributed by atoms with E-state index in [1.807, 2.05) is 37.3 Å². The molecule has 116 valence electrons. The van der Waals surface area contributed by atoms with Gasteiger partial charge in [-0.2, -0.15) is 0 Å². The lowest BCUT2D eigenvalue weighted by Crippen LogP contribution is -2.44. The van der Waals surface area contributed by atoms with E-state index in [-0.39, 0.29) is 23.9 Å². The molecule has 1 N–H and O–H groups in total. The molecule has 21 heavy (non-hydrogen) atoms. The summed E-state index contributed by atoms with van der Waals surface area (Å²) in [5.41, 5.74) is 1.01. The Hall–Kier alpha value is -1.39. The average Bonchev–Trinajstić information content (AvgIpc) is 2.49. The van der Waals surface area contributed by atoms with Gasteiger partial charge in [0.15, 0.2) is 0 Å². The second-order valence-corrected chi connectivity index (χ2v) is 6.09. The van der Waals surface area contributed by atoms with Crippen LogP contribution in [0, 0.1) is 11.8 Å². The molecule has 3 atom stereocenters.